The first kappa shape index (κ1) is 13.1. The molecule has 19 heavy (non-hydrogen) atoms. The number of pyridine rings is 1. The van der Waals surface area contributed by atoms with Crippen molar-refractivity contribution in [1.29, 1.82) is 0 Å². The average molecular weight is 259 g/mol. The molecule has 0 radical (unpaired) electrons. The van der Waals surface area contributed by atoms with E-state index in [-0.39, 0.29) is 5.91 Å². The fourth-order valence-electron chi connectivity index (χ4n) is 1.68. The van der Waals surface area contributed by atoms with Gasteiger partial charge in [0, 0.05) is 31.9 Å². The second kappa shape index (κ2) is 5.99. The minimum atomic E-state index is -0.191. The second-order valence-electron chi connectivity index (χ2n) is 4.14. The Kier molecular flexibility index (Phi) is 4.12. The number of hydrogen-bond donors (Lipinski definition) is 2. The number of carbonyl (C=O) groups is 1. The van der Waals surface area contributed by atoms with Gasteiger partial charge in [-0.1, -0.05) is 6.07 Å². The number of anilines is 1. The van der Waals surface area contributed by atoms with E-state index in [4.69, 9.17) is 0 Å². The van der Waals surface area contributed by atoms with Crippen molar-refractivity contribution >= 4 is 11.7 Å². The molecule has 0 aliphatic carbocycles. The first-order chi connectivity index (χ1) is 9.19. The minimum absolute atomic E-state index is 0.191. The van der Waals surface area contributed by atoms with Gasteiger partial charge in [0.05, 0.1) is 6.20 Å². The summed E-state index contributed by atoms with van der Waals surface area (Å²) in [5.74, 6) is 0.514. The Hall–Kier alpha value is -2.37. The van der Waals surface area contributed by atoms with Crippen molar-refractivity contribution in [2.24, 2.45) is 7.05 Å². The quantitative estimate of drug-likeness (QED) is 0.845. The van der Waals surface area contributed by atoms with Crippen LogP contribution in [0.3, 0.4) is 0 Å². The number of carbonyl (C=O) groups excluding carboxylic acids is 1. The van der Waals surface area contributed by atoms with E-state index in [0.29, 0.717) is 18.1 Å². The summed E-state index contributed by atoms with van der Waals surface area (Å²) in [6.45, 7) is 3.20. The Labute approximate surface area is 111 Å². The molecule has 0 atom stereocenters. The lowest BCUT2D eigenvalue weighted by Crippen LogP contribution is -2.23. The van der Waals surface area contributed by atoms with Crippen LogP contribution in [-0.4, -0.2) is 27.2 Å². The summed E-state index contributed by atoms with van der Waals surface area (Å²) in [7, 11) is 1.84. The molecular formula is C13H17N5O. The highest BCUT2D eigenvalue weighted by Crippen LogP contribution is 2.05. The molecular weight excluding hydrogens is 242 g/mol. The van der Waals surface area contributed by atoms with Gasteiger partial charge in [0.2, 0.25) is 0 Å². The van der Waals surface area contributed by atoms with Gasteiger partial charge >= 0.3 is 0 Å². The molecule has 1 amide bonds. The molecule has 2 rings (SSSR count). The molecule has 0 unspecified atom stereocenters. The molecule has 0 fully saturated rings. The van der Waals surface area contributed by atoms with E-state index in [0.717, 1.165) is 12.1 Å². The minimum Gasteiger partial charge on any atom is -0.370 e. The number of aryl methyl sites for hydroxylation is 1. The maximum Gasteiger partial charge on any atom is 0.270 e. The molecule has 6 heteroatoms. The topological polar surface area (TPSA) is 71.8 Å². The summed E-state index contributed by atoms with van der Waals surface area (Å²) in [5, 5.41) is 9.94. The maximum absolute atomic E-state index is 12.0. The van der Waals surface area contributed by atoms with Gasteiger partial charge in [-0.2, -0.15) is 5.10 Å². The molecule has 0 saturated heterocycles. The first-order valence-corrected chi connectivity index (χ1v) is 6.15. The molecule has 2 N–H and O–H groups in total. The van der Waals surface area contributed by atoms with E-state index in [1.807, 2.05) is 32.3 Å². The van der Waals surface area contributed by atoms with Crippen molar-refractivity contribution in [2.45, 2.75) is 13.5 Å². The lowest BCUT2D eigenvalue weighted by molar-refractivity contribution is 0.0946. The molecule has 2 heterocycles. The Morgan fingerprint density at radius 2 is 2.26 bits per heavy atom. The monoisotopic (exact) mass is 259 g/mol. The van der Waals surface area contributed by atoms with Gasteiger partial charge in [0.15, 0.2) is 0 Å². The van der Waals surface area contributed by atoms with Crippen LogP contribution in [0.4, 0.5) is 5.82 Å². The zero-order valence-corrected chi connectivity index (χ0v) is 11.1. The summed E-state index contributed by atoms with van der Waals surface area (Å²) >= 11 is 0. The number of aromatic nitrogens is 3. The smallest absolute Gasteiger partial charge is 0.270 e. The summed E-state index contributed by atoms with van der Waals surface area (Å²) in [6, 6.07) is 5.34. The van der Waals surface area contributed by atoms with Crippen LogP contribution in [-0.2, 0) is 13.6 Å². The summed E-state index contributed by atoms with van der Waals surface area (Å²) in [5.41, 5.74) is 1.36. The number of rotatable bonds is 5. The van der Waals surface area contributed by atoms with Crippen LogP contribution in [0.25, 0.3) is 0 Å². The number of hydrogen-bond acceptors (Lipinski definition) is 4. The Morgan fingerprint density at radius 3 is 2.95 bits per heavy atom. The van der Waals surface area contributed by atoms with E-state index >= 15 is 0 Å². The largest absolute Gasteiger partial charge is 0.370 e. The van der Waals surface area contributed by atoms with Gasteiger partial charge in [-0.15, -0.1) is 0 Å². The molecule has 0 aromatic carbocycles. The Morgan fingerprint density at radius 1 is 1.42 bits per heavy atom. The molecule has 100 valence electrons. The summed E-state index contributed by atoms with van der Waals surface area (Å²) < 4.78 is 1.70. The van der Waals surface area contributed by atoms with E-state index in [9.17, 15) is 4.79 Å². The van der Waals surface area contributed by atoms with Crippen LogP contribution in [0, 0.1) is 0 Å². The Bertz CT molecular complexity index is 564. The third-order valence-electron chi connectivity index (χ3n) is 2.55. The molecule has 0 bridgehead atoms. The summed E-state index contributed by atoms with van der Waals surface area (Å²) in [4.78, 5) is 16.2. The van der Waals surface area contributed by atoms with Gasteiger partial charge in [-0.05, 0) is 19.1 Å². The van der Waals surface area contributed by atoms with Crippen molar-refractivity contribution < 1.29 is 4.79 Å². The predicted octanol–water partition coefficient (Wildman–Crippen LogP) is 1.18. The van der Waals surface area contributed by atoms with Gasteiger partial charge in [0.25, 0.3) is 5.91 Å². The van der Waals surface area contributed by atoms with Crippen molar-refractivity contribution in [1.82, 2.24) is 20.1 Å². The van der Waals surface area contributed by atoms with Crippen LogP contribution in [0.2, 0.25) is 0 Å². The van der Waals surface area contributed by atoms with Crippen molar-refractivity contribution in [2.75, 3.05) is 11.9 Å². The highest BCUT2D eigenvalue weighted by atomic mass is 16.1. The number of amides is 1. The third kappa shape index (κ3) is 3.54. The first-order valence-electron chi connectivity index (χ1n) is 6.15. The standard InChI is InChI=1S/C13H17N5O/c1-3-14-12-6-4-5-11(17-12)13(19)15-7-10-8-16-18(2)9-10/h4-6,8-9H,3,7H2,1-2H3,(H,14,17)(H,15,19). The van der Waals surface area contributed by atoms with Crippen molar-refractivity contribution in [3.8, 4) is 0 Å². The van der Waals surface area contributed by atoms with E-state index in [2.05, 4.69) is 20.7 Å². The SMILES string of the molecule is CCNc1cccc(C(=O)NCc2cnn(C)c2)n1. The molecule has 0 aliphatic rings. The highest BCUT2D eigenvalue weighted by Gasteiger charge is 2.08. The zero-order chi connectivity index (χ0) is 13.7. The van der Waals surface area contributed by atoms with Crippen LogP contribution >= 0.6 is 0 Å². The van der Waals surface area contributed by atoms with Crippen LogP contribution in [0.1, 0.15) is 23.0 Å². The fourth-order valence-corrected chi connectivity index (χ4v) is 1.68. The normalized spacial score (nSPS) is 10.2. The van der Waals surface area contributed by atoms with E-state index in [1.165, 1.54) is 0 Å². The molecule has 0 spiro atoms. The van der Waals surface area contributed by atoms with Crippen molar-refractivity contribution in [3.63, 3.8) is 0 Å². The molecule has 0 aliphatic heterocycles. The van der Waals surface area contributed by atoms with E-state index in [1.54, 1.807) is 16.9 Å². The average Bonchev–Trinajstić information content (AvgIpc) is 2.82. The van der Waals surface area contributed by atoms with Gasteiger partial charge in [0.1, 0.15) is 11.5 Å². The molecule has 2 aromatic rings. The fraction of sp³-hybridized carbons (Fsp3) is 0.308. The van der Waals surface area contributed by atoms with Gasteiger partial charge in [-0.25, -0.2) is 4.98 Å². The van der Waals surface area contributed by atoms with Gasteiger partial charge < -0.3 is 10.6 Å². The van der Waals surface area contributed by atoms with Crippen LogP contribution in [0.15, 0.2) is 30.6 Å². The predicted molar refractivity (Wildman–Crippen MR) is 72.8 cm³/mol. The van der Waals surface area contributed by atoms with Crippen LogP contribution in [0.5, 0.6) is 0 Å². The maximum atomic E-state index is 12.0. The lowest BCUT2D eigenvalue weighted by atomic mass is 10.3. The Balaban J connectivity index is 1.97. The molecule has 6 nitrogen and oxygen atoms in total. The van der Waals surface area contributed by atoms with Crippen LogP contribution < -0.4 is 10.6 Å². The zero-order valence-electron chi connectivity index (χ0n) is 11.1. The third-order valence-corrected chi connectivity index (χ3v) is 2.55. The highest BCUT2D eigenvalue weighted by molar-refractivity contribution is 5.92. The van der Waals surface area contributed by atoms with Gasteiger partial charge in [-0.3, -0.25) is 9.48 Å². The summed E-state index contributed by atoms with van der Waals surface area (Å²) in [6.07, 6.45) is 3.59. The lowest BCUT2D eigenvalue weighted by Gasteiger charge is -2.06. The molecule has 0 saturated carbocycles. The van der Waals surface area contributed by atoms with Crippen molar-refractivity contribution in [3.05, 3.63) is 41.9 Å². The molecule has 2 aromatic heterocycles. The second-order valence-corrected chi connectivity index (χ2v) is 4.14. The number of nitrogens with zero attached hydrogens (tertiary/aromatic N) is 3. The van der Waals surface area contributed by atoms with E-state index < -0.39 is 0 Å². The number of nitrogens with one attached hydrogen (secondary N) is 2.